The van der Waals surface area contributed by atoms with Gasteiger partial charge < -0.3 is 14.8 Å². The van der Waals surface area contributed by atoms with Gasteiger partial charge in [0.15, 0.2) is 11.5 Å². The van der Waals surface area contributed by atoms with Crippen molar-refractivity contribution in [1.82, 2.24) is 10.3 Å². The Balaban J connectivity index is 2.46. The summed E-state index contributed by atoms with van der Waals surface area (Å²) in [5, 5.41) is 3.49. The fourth-order valence-electron chi connectivity index (χ4n) is 2.41. The Morgan fingerprint density at radius 3 is 2.52 bits per heavy atom. The molecule has 0 aliphatic carbocycles. The lowest BCUT2D eigenvalue weighted by molar-refractivity contribution is 0.354. The first-order chi connectivity index (χ1) is 10.2. The van der Waals surface area contributed by atoms with Crippen molar-refractivity contribution in [2.45, 2.75) is 19.9 Å². The molecule has 0 spiro atoms. The first-order valence-corrected chi connectivity index (χ1v) is 7.08. The molecule has 0 fully saturated rings. The SMILES string of the molecule is CCNC(c1ccc(OC)c(OC)c1)c1ncccc1C. The molecule has 21 heavy (non-hydrogen) atoms. The second kappa shape index (κ2) is 7.09. The predicted octanol–water partition coefficient (Wildman–Crippen LogP) is 3.11. The molecule has 0 amide bonds. The maximum atomic E-state index is 5.40. The molecule has 1 heterocycles. The number of hydrogen-bond acceptors (Lipinski definition) is 4. The smallest absolute Gasteiger partial charge is 0.161 e. The molecule has 0 radical (unpaired) electrons. The van der Waals surface area contributed by atoms with E-state index in [1.54, 1.807) is 14.2 Å². The summed E-state index contributed by atoms with van der Waals surface area (Å²) in [6.07, 6.45) is 1.83. The molecule has 1 unspecified atom stereocenters. The Labute approximate surface area is 126 Å². The van der Waals surface area contributed by atoms with Gasteiger partial charge in [-0.3, -0.25) is 4.98 Å². The topological polar surface area (TPSA) is 43.4 Å². The van der Waals surface area contributed by atoms with E-state index in [0.29, 0.717) is 0 Å². The lowest BCUT2D eigenvalue weighted by Gasteiger charge is -2.21. The van der Waals surface area contributed by atoms with Crippen LogP contribution >= 0.6 is 0 Å². The monoisotopic (exact) mass is 286 g/mol. The Morgan fingerprint density at radius 2 is 1.90 bits per heavy atom. The highest BCUT2D eigenvalue weighted by Gasteiger charge is 2.18. The van der Waals surface area contributed by atoms with E-state index in [0.717, 1.165) is 29.3 Å². The molecule has 1 aromatic carbocycles. The summed E-state index contributed by atoms with van der Waals surface area (Å²) in [6.45, 7) is 5.02. The van der Waals surface area contributed by atoms with Crippen LogP contribution in [-0.2, 0) is 0 Å². The van der Waals surface area contributed by atoms with Gasteiger partial charge in [0.2, 0.25) is 0 Å². The van der Waals surface area contributed by atoms with Crippen LogP contribution in [0.5, 0.6) is 11.5 Å². The Kier molecular flexibility index (Phi) is 5.17. The number of aryl methyl sites for hydroxylation is 1. The van der Waals surface area contributed by atoms with Gasteiger partial charge in [-0.15, -0.1) is 0 Å². The zero-order valence-electron chi connectivity index (χ0n) is 13.0. The van der Waals surface area contributed by atoms with Crippen molar-refractivity contribution in [2.24, 2.45) is 0 Å². The normalized spacial score (nSPS) is 12.0. The minimum atomic E-state index is 0.0380. The number of benzene rings is 1. The van der Waals surface area contributed by atoms with Crippen LogP contribution in [0.4, 0.5) is 0 Å². The predicted molar refractivity (Wildman–Crippen MR) is 84.0 cm³/mol. The second-order valence-electron chi connectivity index (χ2n) is 4.81. The van der Waals surface area contributed by atoms with Crippen LogP contribution in [-0.4, -0.2) is 25.7 Å². The van der Waals surface area contributed by atoms with Gasteiger partial charge in [0.25, 0.3) is 0 Å². The van der Waals surface area contributed by atoms with E-state index in [1.165, 1.54) is 5.56 Å². The molecule has 0 aliphatic rings. The molecule has 112 valence electrons. The fraction of sp³-hybridized carbons (Fsp3) is 0.353. The summed E-state index contributed by atoms with van der Waals surface area (Å²) in [5.41, 5.74) is 3.31. The number of hydrogen-bond donors (Lipinski definition) is 1. The van der Waals surface area contributed by atoms with Crippen molar-refractivity contribution in [3.63, 3.8) is 0 Å². The van der Waals surface area contributed by atoms with Gasteiger partial charge in [-0.25, -0.2) is 0 Å². The summed E-state index contributed by atoms with van der Waals surface area (Å²) < 4.78 is 10.7. The Hall–Kier alpha value is -2.07. The van der Waals surface area contributed by atoms with E-state index in [2.05, 4.69) is 30.2 Å². The van der Waals surface area contributed by atoms with Gasteiger partial charge in [-0.2, -0.15) is 0 Å². The molecular weight excluding hydrogens is 264 g/mol. The molecule has 0 bridgehead atoms. The summed E-state index contributed by atoms with van der Waals surface area (Å²) >= 11 is 0. The molecule has 1 atom stereocenters. The lowest BCUT2D eigenvalue weighted by atomic mass is 9.99. The van der Waals surface area contributed by atoms with Gasteiger partial charge in [-0.1, -0.05) is 19.1 Å². The number of rotatable bonds is 6. The van der Waals surface area contributed by atoms with Gasteiger partial charge in [-0.05, 0) is 42.8 Å². The number of nitrogens with one attached hydrogen (secondary N) is 1. The zero-order chi connectivity index (χ0) is 15.2. The third kappa shape index (κ3) is 3.34. The average Bonchev–Trinajstić information content (AvgIpc) is 2.53. The van der Waals surface area contributed by atoms with E-state index in [1.807, 2.05) is 30.5 Å². The van der Waals surface area contributed by atoms with Crippen LogP contribution in [0.3, 0.4) is 0 Å². The van der Waals surface area contributed by atoms with E-state index in [4.69, 9.17) is 9.47 Å². The lowest BCUT2D eigenvalue weighted by Crippen LogP contribution is -2.23. The molecule has 1 N–H and O–H groups in total. The maximum Gasteiger partial charge on any atom is 0.161 e. The van der Waals surface area contributed by atoms with Crippen LogP contribution in [0.1, 0.15) is 29.8 Å². The highest BCUT2D eigenvalue weighted by atomic mass is 16.5. The van der Waals surface area contributed by atoms with Crippen LogP contribution in [0, 0.1) is 6.92 Å². The average molecular weight is 286 g/mol. The van der Waals surface area contributed by atoms with E-state index in [-0.39, 0.29) is 6.04 Å². The van der Waals surface area contributed by atoms with Crippen LogP contribution in [0.2, 0.25) is 0 Å². The van der Waals surface area contributed by atoms with Gasteiger partial charge in [0.1, 0.15) is 0 Å². The minimum Gasteiger partial charge on any atom is -0.493 e. The van der Waals surface area contributed by atoms with E-state index in [9.17, 15) is 0 Å². The third-order valence-corrected chi connectivity index (χ3v) is 3.47. The molecule has 0 saturated carbocycles. The molecule has 1 aromatic heterocycles. The number of ether oxygens (including phenoxy) is 2. The van der Waals surface area contributed by atoms with E-state index >= 15 is 0 Å². The van der Waals surface area contributed by atoms with Gasteiger partial charge in [0.05, 0.1) is 26.0 Å². The number of pyridine rings is 1. The summed E-state index contributed by atoms with van der Waals surface area (Å²) in [7, 11) is 3.29. The Morgan fingerprint density at radius 1 is 1.14 bits per heavy atom. The first kappa shape index (κ1) is 15.3. The number of aromatic nitrogens is 1. The molecule has 0 aliphatic heterocycles. The first-order valence-electron chi connectivity index (χ1n) is 7.08. The molecule has 0 saturated heterocycles. The molecule has 4 nitrogen and oxygen atoms in total. The molecule has 2 rings (SSSR count). The summed E-state index contributed by atoms with van der Waals surface area (Å²) in [6, 6.07) is 10.0. The standard InChI is InChI=1S/C17H22N2O2/c1-5-18-17(16-12(2)7-6-10-19-16)13-8-9-14(20-3)15(11-13)21-4/h6-11,17-18H,5H2,1-4H3. The quantitative estimate of drug-likeness (QED) is 0.886. The van der Waals surface area contributed by atoms with Crippen LogP contribution in [0.25, 0.3) is 0 Å². The summed E-state index contributed by atoms with van der Waals surface area (Å²) in [4.78, 5) is 4.54. The largest absolute Gasteiger partial charge is 0.493 e. The molecule has 2 aromatic rings. The van der Waals surface area contributed by atoms with Crippen molar-refractivity contribution < 1.29 is 9.47 Å². The number of methoxy groups -OCH3 is 2. The van der Waals surface area contributed by atoms with Crippen LogP contribution < -0.4 is 14.8 Å². The molecular formula is C17H22N2O2. The second-order valence-corrected chi connectivity index (χ2v) is 4.81. The minimum absolute atomic E-state index is 0.0380. The van der Waals surface area contributed by atoms with Crippen molar-refractivity contribution in [3.8, 4) is 11.5 Å². The van der Waals surface area contributed by atoms with Crippen LogP contribution in [0.15, 0.2) is 36.5 Å². The summed E-state index contributed by atoms with van der Waals surface area (Å²) in [5.74, 6) is 1.46. The maximum absolute atomic E-state index is 5.40. The van der Waals surface area contributed by atoms with Gasteiger partial charge in [0, 0.05) is 6.20 Å². The highest BCUT2D eigenvalue weighted by molar-refractivity contribution is 5.45. The Bertz CT molecular complexity index is 599. The fourth-order valence-corrected chi connectivity index (χ4v) is 2.41. The van der Waals surface area contributed by atoms with Crippen molar-refractivity contribution in [2.75, 3.05) is 20.8 Å². The zero-order valence-corrected chi connectivity index (χ0v) is 13.0. The highest BCUT2D eigenvalue weighted by Crippen LogP contribution is 2.32. The van der Waals surface area contributed by atoms with Crippen molar-refractivity contribution in [1.29, 1.82) is 0 Å². The van der Waals surface area contributed by atoms with Crippen molar-refractivity contribution >= 4 is 0 Å². The molecule has 4 heteroatoms. The van der Waals surface area contributed by atoms with Crippen molar-refractivity contribution in [3.05, 3.63) is 53.3 Å². The third-order valence-electron chi connectivity index (χ3n) is 3.47. The number of nitrogens with zero attached hydrogens (tertiary/aromatic N) is 1. The van der Waals surface area contributed by atoms with Gasteiger partial charge >= 0.3 is 0 Å². The van der Waals surface area contributed by atoms with E-state index < -0.39 is 0 Å².